The summed E-state index contributed by atoms with van der Waals surface area (Å²) < 4.78 is 4.86. The van der Waals surface area contributed by atoms with Crippen LogP contribution in [0.4, 0.5) is 5.88 Å². The third-order valence-corrected chi connectivity index (χ3v) is 3.21. The summed E-state index contributed by atoms with van der Waals surface area (Å²) in [6, 6.07) is 2.51. The number of nitrogens with zero attached hydrogens (tertiary/aromatic N) is 2. The molecule has 1 fully saturated rings. The standard InChI is InChI=1S/C10H11ClN2O4/c11-5-7-3-4-12(6-7)10(14)8-1-2-9(17-8)13(15)16/h1-2,7H,3-6H2. The van der Waals surface area contributed by atoms with E-state index >= 15 is 0 Å². The maximum absolute atomic E-state index is 11.9. The summed E-state index contributed by atoms with van der Waals surface area (Å²) in [6.07, 6.45) is 0.859. The normalized spacial score (nSPS) is 19.6. The summed E-state index contributed by atoms with van der Waals surface area (Å²) in [4.78, 5) is 23.3. The van der Waals surface area contributed by atoms with Crippen molar-refractivity contribution in [2.75, 3.05) is 19.0 Å². The molecule has 1 aromatic heterocycles. The molecule has 1 aliphatic rings. The highest BCUT2D eigenvalue weighted by molar-refractivity contribution is 6.18. The average molecular weight is 259 g/mol. The lowest BCUT2D eigenvalue weighted by molar-refractivity contribution is -0.402. The van der Waals surface area contributed by atoms with Gasteiger partial charge in [-0.05, 0) is 18.4 Å². The zero-order valence-electron chi connectivity index (χ0n) is 8.97. The number of carbonyl (C=O) groups is 1. The zero-order valence-corrected chi connectivity index (χ0v) is 9.72. The summed E-state index contributed by atoms with van der Waals surface area (Å²) in [6.45, 7) is 1.20. The number of furan rings is 1. The quantitative estimate of drug-likeness (QED) is 0.471. The summed E-state index contributed by atoms with van der Waals surface area (Å²) in [5, 5.41) is 10.4. The molecule has 1 saturated heterocycles. The lowest BCUT2D eigenvalue weighted by atomic mass is 10.2. The number of hydrogen-bond acceptors (Lipinski definition) is 4. The van der Waals surface area contributed by atoms with Gasteiger partial charge in [0, 0.05) is 19.0 Å². The molecule has 0 aliphatic carbocycles. The largest absolute Gasteiger partial charge is 0.433 e. The van der Waals surface area contributed by atoms with Crippen LogP contribution in [0.2, 0.25) is 0 Å². The Morgan fingerprint density at radius 1 is 1.65 bits per heavy atom. The minimum absolute atomic E-state index is 0.00641. The fourth-order valence-electron chi connectivity index (χ4n) is 1.84. The first kappa shape index (κ1) is 11.9. The van der Waals surface area contributed by atoms with Gasteiger partial charge in [-0.3, -0.25) is 14.9 Å². The lowest BCUT2D eigenvalue weighted by Crippen LogP contribution is -2.28. The predicted molar refractivity (Wildman–Crippen MR) is 60.1 cm³/mol. The maximum atomic E-state index is 11.9. The van der Waals surface area contributed by atoms with Crippen LogP contribution in [-0.2, 0) is 0 Å². The van der Waals surface area contributed by atoms with Crippen molar-refractivity contribution in [2.24, 2.45) is 5.92 Å². The van der Waals surface area contributed by atoms with Crippen molar-refractivity contribution in [3.05, 3.63) is 28.0 Å². The number of hydrogen-bond donors (Lipinski definition) is 0. The summed E-state index contributed by atoms with van der Waals surface area (Å²) >= 11 is 5.72. The smallest absolute Gasteiger partial charge is 0.395 e. The number of alkyl halides is 1. The van der Waals surface area contributed by atoms with Gasteiger partial charge < -0.3 is 9.32 Å². The van der Waals surface area contributed by atoms with Gasteiger partial charge in [0.25, 0.3) is 5.91 Å². The van der Waals surface area contributed by atoms with Gasteiger partial charge in [-0.25, -0.2) is 0 Å². The molecule has 1 amide bonds. The molecule has 1 aromatic rings. The van der Waals surface area contributed by atoms with Crippen molar-refractivity contribution in [1.29, 1.82) is 0 Å². The van der Waals surface area contributed by atoms with E-state index in [0.717, 1.165) is 6.42 Å². The summed E-state index contributed by atoms with van der Waals surface area (Å²) in [5.41, 5.74) is 0. The molecule has 1 atom stereocenters. The molecule has 1 aliphatic heterocycles. The van der Waals surface area contributed by atoms with Gasteiger partial charge in [0.05, 0.1) is 6.07 Å². The van der Waals surface area contributed by atoms with Gasteiger partial charge in [0.15, 0.2) is 5.76 Å². The van der Waals surface area contributed by atoms with Crippen LogP contribution < -0.4 is 0 Å². The van der Waals surface area contributed by atoms with Gasteiger partial charge in [0.1, 0.15) is 4.92 Å². The minimum Gasteiger partial charge on any atom is -0.395 e. The van der Waals surface area contributed by atoms with E-state index in [2.05, 4.69) is 0 Å². The Labute approximate surface area is 102 Å². The molecule has 0 saturated carbocycles. The Hall–Kier alpha value is -1.56. The van der Waals surface area contributed by atoms with Crippen molar-refractivity contribution in [2.45, 2.75) is 6.42 Å². The number of rotatable bonds is 3. The summed E-state index contributed by atoms with van der Waals surface area (Å²) in [7, 11) is 0. The van der Waals surface area contributed by atoms with Crippen LogP contribution in [-0.4, -0.2) is 34.7 Å². The second kappa shape index (κ2) is 4.75. The van der Waals surface area contributed by atoms with Crippen LogP contribution in [0, 0.1) is 16.0 Å². The predicted octanol–water partition coefficient (Wildman–Crippen LogP) is 1.89. The first-order valence-corrected chi connectivity index (χ1v) is 5.74. The van der Waals surface area contributed by atoms with E-state index in [1.165, 1.54) is 12.1 Å². The van der Waals surface area contributed by atoms with Crippen LogP contribution in [0.1, 0.15) is 17.0 Å². The van der Waals surface area contributed by atoms with Crippen LogP contribution >= 0.6 is 11.6 Å². The van der Waals surface area contributed by atoms with Gasteiger partial charge in [-0.2, -0.15) is 0 Å². The van der Waals surface area contributed by atoms with Crippen molar-refractivity contribution in [3.8, 4) is 0 Å². The third kappa shape index (κ3) is 2.41. The molecule has 6 nitrogen and oxygen atoms in total. The number of likely N-dealkylation sites (tertiary alicyclic amines) is 1. The number of nitro groups is 1. The van der Waals surface area contributed by atoms with E-state index in [1.54, 1.807) is 4.90 Å². The maximum Gasteiger partial charge on any atom is 0.433 e. The fourth-order valence-corrected chi connectivity index (χ4v) is 2.09. The van der Waals surface area contributed by atoms with Gasteiger partial charge in [0.2, 0.25) is 0 Å². The van der Waals surface area contributed by atoms with E-state index < -0.39 is 10.8 Å². The molecule has 2 heterocycles. The molecule has 2 rings (SSSR count). The molecule has 0 bridgehead atoms. The highest BCUT2D eigenvalue weighted by atomic mass is 35.5. The molecule has 1 unspecified atom stereocenters. The van der Waals surface area contributed by atoms with Gasteiger partial charge in [-0.15, -0.1) is 11.6 Å². The minimum atomic E-state index is -0.664. The Morgan fingerprint density at radius 3 is 2.94 bits per heavy atom. The van der Waals surface area contributed by atoms with Crippen molar-refractivity contribution >= 4 is 23.4 Å². The number of halogens is 1. The molecule has 0 N–H and O–H groups in total. The molecule has 7 heteroatoms. The van der Waals surface area contributed by atoms with Crippen LogP contribution in [0.5, 0.6) is 0 Å². The molecular weight excluding hydrogens is 248 g/mol. The van der Waals surface area contributed by atoms with E-state index in [4.69, 9.17) is 16.0 Å². The van der Waals surface area contributed by atoms with Crippen molar-refractivity contribution < 1.29 is 14.1 Å². The monoisotopic (exact) mass is 258 g/mol. The first-order valence-electron chi connectivity index (χ1n) is 5.21. The Morgan fingerprint density at radius 2 is 2.41 bits per heavy atom. The SMILES string of the molecule is O=C(c1ccc([N+](=O)[O-])o1)N1CCC(CCl)C1. The van der Waals surface area contributed by atoms with Crippen molar-refractivity contribution in [1.82, 2.24) is 4.90 Å². The molecule has 0 radical (unpaired) electrons. The lowest BCUT2D eigenvalue weighted by Gasteiger charge is -2.13. The first-order chi connectivity index (χ1) is 8.11. The Balaban J connectivity index is 2.07. The molecule has 92 valence electrons. The van der Waals surface area contributed by atoms with Crippen LogP contribution in [0.25, 0.3) is 0 Å². The average Bonchev–Trinajstić information content (AvgIpc) is 2.97. The molecule has 0 aromatic carbocycles. The molecule has 0 spiro atoms. The van der Waals surface area contributed by atoms with Gasteiger partial charge >= 0.3 is 5.88 Å². The van der Waals surface area contributed by atoms with E-state index in [0.29, 0.717) is 24.9 Å². The summed E-state index contributed by atoms with van der Waals surface area (Å²) in [5.74, 6) is 0.0897. The Bertz CT molecular complexity index is 445. The van der Waals surface area contributed by atoms with Gasteiger partial charge in [-0.1, -0.05) is 0 Å². The molecule has 17 heavy (non-hydrogen) atoms. The number of amides is 1. The van der Waals surface area contributed by atoms with Crippen LogP contribution in [0.15, 0.2) is 16.5 Å². The van der Waals surface area contributed by atoms with E-state index in [1.807, 2.05) is 0 Å². The van der Waals surface area contributed by atoms with Crippen LogP contribution in [0.3, 0.4) is 0 Å². The van der Waals surface area contributed by atoms with Crippen molar-refractivity contribution in [3.63, 3.8) is 0 Å². The topological polar surface area (TPSA) is 76.6 Å². The Kier molecular flexibility index (Phi) is 3.33. The highest BCUT2D eigenvalue weighted by Crippen LogP contribution is 2.22. The highest BCUT2D eigenvalue weighted by Gasteiger charge is 2.29. The van der Waals surface area contributed by atoms with E-state index in [9.17, 15) is 14.9 Å². The van der Waals surface area contributed by atoms with E-state index in [-0.39, 0.29) is 11.7 Å². The number of carbonyl (C=O) groups excluding carboxylic acids is 1. The second-order valence-corrected chi connectivity index (χ2v) is 4.26. The molecular formula is C10H11ClN2O4. The fraction of sp³-hybridized carbons (Fsp3) is 0.500. The second-order valence-electron chi connectivity index (χ2n) is 3.96. The third-order valence-electron chi connectivity index (χ3n) is 2.77. The zero-order chi connectivity index (χ0) is 12.4.